The molecule has 1 aliphatic heterocycles. The highest BCUT2D eigenvalue weighted by Gasteiger charge is 2.23. The maximum absolute atomic E-state index is 13.6. The number of aromatic nitrogens is 2. The smallest absolute Gasteiger partial charge is 0.254 e. The van der Waals surface area contributed by atoms with Crippen molar-refractivity contribution in [2.75, 3.05) is 52.5 Å². The molecule has 0 aliphatic carbocycles. The summed E-state index contributed by atoms with van der Waals surface area (Å²) in [6.07, 6.45) is 0. The third-order valence-corrected chi connectivity index (χ3v) is 6.59. The minimum absolute atomic E-state index is 0.0113. The Morgan fingerprint density at radius 1 is 0.789 bits per heavy atom. The Bertz CT molecular complexity index is 1410. The third kappa shape index (κ3) is 5.85. The van der Waals surface area contributed by atoms with Crippen molar-refractivity contribution in [1.82, 2.24) is 19.8 Å². The van der Waals surface area contributed by atoms with E-state index in [0.29, 0.717) is 65.4 Å². The van der Waals surface area contributed by atoms with E-state index in [-0.39, 0.29) is 24.1 Å². The molecule has 0 unspecified atom stereocenters. The highest BCUT2D eigenvalue weighted by Crippen LogP contribution is 2.31. The topological polar surface area (TPSA) is 78.8 Å². The van der Waals surface area contributed by atoms with Gasteiger partial charge < -0.3 is 14.7 Å². The highest BCUT2D eigenvalue weighted by atomic mass is 19.1. The Morgan fingerprint density at radius 2 is 1.37 bits per heavy atom. The molecule has 0 spiro atoms. The SMILES string of the molecule is O=C(c1ccc2nc(-c3ccc(F)cc3)c(-c3ccc(F)cc3)nc2c1)N1CCN(CCOCCO)CC1. The second-order valence-corrected chi connectivity index (χ2v) is 9.11. The normalized spacial score (nSPS) is 14.2. The van der Waals surface area contributed by atoms with E-state index in [9.17, 15) is 13.6 Å². The first kappa shape index (κ1) is 25.8. The van der Waals surface area contributed by atoms with Gasteiger partial charge in [-0.2, -0.15) is 0 Å². The highest BCUT2D eigenvalue weighted by molar-refractivity contribution is 5.98. The average molecular weight is 519 g/mol. The minimum atomic E-state index is -0.364. The molecule has 1 fully saturated rings. The molecule has 0 bridgehead atoms. The van der Waals surface area contributed by atoms with Gasteiger partial charge >= 0.3 is 0 Å². The van der Waals surface area contributed by atoms with Gasteiger partial charge in [0.1, 0.15) is 11.6 Å². The van der Waals surface area contributed by atoms with Gasteiger partial charge in [0.15, 0.2) is 0 Å². The van der Waals surface area contributed by atoms with Crippen molar-refractivity contribution in [3.63, 3.8) is 0 Å². The van der Waals surface area contributed by atoms with Gasteiger partial charge in [-0.15, -0.1) is 0 Å². The largest absolute Gasteiger partial charge is 0.394 e. The molecule has 4 aromatic rings. The van der Waals surface area contributed by atoms with E-state index >= 15 is 0 Å². The van der Waals surface area contributed by atoms with E-state index < -0.39 is 0 Å². The van der Waals surface area contributed by atoms with Crippen LogP contribution in [0.4, 0.5) is 8.78 Å². The van der Waals surface area contributed by atoms with Crippen LogP contribution in [0.2, 0.25) is 0 Å². The van der Waals surface area contributed by atoms with E-state index in [4.69, 9.17) is 19.8 Å². The number of nitrogens with zero attached hydrogens (tertiary/aromatic N) is 4. The maximum atomic E-state index is 13.6. The third-order valence-electron chi connectivity index (χ3n) is 6.59. The number of fused-ring (bicyclic) bond motifs is 1. The summed E-state index contributed by atoms with van der Waals surface area (Å²) < 4.78 is 32.5. The number of hydrogen-bond acceptors (Lipinski definition) is 6. The molecule has 9 heteroatoms. The predicted octanol–water partition coefficient (Wildman–Crippen LogP) is 4.01. The lowest BCUT2D eigenvalue weighted by molar-refractivity contribution is 0.0486. The molecular formula is C29H28F2N4O3. The van der Waals surface area contributed by atoms with Crippen molar-refractivity contribution in [2.45, 2.75) is 0 Å². The summed E-state index contributed by atoms with van der Waals surface area (Å²) in [5.41, 5.74) is 4.06. The zero-order valence-electron chi connectivity index (χ0n) is 20.8. The molecule has 2 heterocycles. The fourth-order valence-electron chi connectivity index (χ4n) is 4.52. The van der Waals surface area contributed by atoms with Crippen molar-refractivity contribution < 1.29 is 23.4 Å². The summed E-state index contributed by atoms with van der Waals surface area (Å²) >= 11 is 0. The number of carbonyl (C=O) groups excluding carboxylic acids is 1. The zero-order valence-corrected chi connectivity index (χ0v) is 20.8. The number of aliphatic hydroxyl groups excluding tert-OH is 1. The van der Waals surface area contributed by atoms with Crippen LogP contribution in [-0.2, 0) is 4.74 Å². The van der Waals surface area contributed by atoms with E-state index in [0.717, 1.165) is 19.6 Å². The number of hydrogen-bond donors (Lipinski definition) is 1. The molecule has 1 aromatic heterocycles. The predicted molar refractivity (Wildman–Crippen MR) is 141 cm³/mol. The Labute approximate surface area is 219 Å². The Hall–Kier alpha value is -3.79. The van der Waals surface area contributed by atoms with Gasteiger partial charge in [0.2, 0.25) is 0 Å². The van der Waals surface area contributed by atoms with Crippen molar-refractivity contribution in [1.29, 1.82) is 0 Å². The van der Waals surface area contributed by atoms with Crippen LogP contribution >= 0.6 is 0 Å². The Morgan fingerprint density at radius 3 is 1.95 bits per heavy atom. The number of ether oxygens (including phenoxy) is 1. The van der Waals surface area contributed by atoms with Crippen LogP contribution in [0.15, 0.2) is 66.7 Å². The molecular weight excluding hydrogens is 490 g/mol. The quantitative estimate of drug-likeness (QED) is 0.355. The van der Waals surface area contributed by atoms with Crippen molar-refractivity contribution in [3.05, 3.63) is 83.9 Å². The van der Waals surface area contributed by atoms with Crippen LogP contribution in [0.5, 0.6) is 0 Å². The number of halogens is 2. The van der Waals surface area contributed by atoms with Gasteiger partial charge in [-0.1, -0.05) is 0 Å². The number of benzene rings is 3. The lowest BCUT2D eigenvalue weighted by Gasteiger charge is -2.34. The molecule has 0 radical (unpaired) electrons. The van der Waals surface area contributed by atoms with Crippen LogP contribution in [0, 0.1) is 11.6 Å². The molecule has 1 aliphatic rings. The lowest BCUT2D eigenvalue weighted by atomic mass is 10.0. The summed E-state index contributed by atoms with van der Waals surface area (Å²) in [5.74, 6) is -0.794. The van der Waals surface area contributed by atoms with E-state index in [1.165, 1.54) is 24.3 Å². The first-order valence-electron chi connectivity index (χ1n) is 12.6. The monoisotopic (exact) mass is 518 g/mol. The molecule has 5 rings (SSSR count). The van der Waals surface area contributed by atoms with E-state index in [2.05, 4.69) is 4.90 Å². The second kappa shape index (κ2) is 11.7. The molecule has 1 amide bonds. The van der Waals surface area contributed by atoms with Crippen LogP contribution in [0.1, 0.15) is 10.4 Å². The van der Waals surface area contributed by atoms with Gasteiger partial charge in [0, 0.05) is 49.4 Å². The molecule has 1 saturated heterocycles. The van der Waals surface area contributed by atoms with Gasteiger partial charge in [-0.25, -0.2) is 18.7 Å². The van der Waals surface area contributed by atoms with Gasteiger partial charge in [0.05, 0.1) is 42.2 Å². The fraction of sp³-hybridized carbons (Fsp3) is 0.276. The number of piperazine rings is 1. The Kier molecular flexibility index (Phi) is 7.97. The van der Waals surface area contributed by atoms with Crippen molar-refractivity contribution >= 4 is 16.9 Å². The standard InChI is InChI=1S/C29H28F2N4O3/c30-23-6-1-20(2-7-23)27-28(21-3-8-24(31)9-4-21)33-26-19-22(5-10-25(26)32-27)29(37)35-13-11-34(12-14-35)15-17-38-18-16-36/h1-10,19,36H,11-18H2. The molecule has 0 saturated carbocycles. The number of amides is 1. The Balaban J connectivity index is 1.41. The number of rotatable bonds is 8. The first-order valence-corrected chi connectivity index (χ1v) is 12.6. The summed E-state index contributed by atoms with van der Waals surface area (Å²) in [7, 11) is 0. The van der Waals surface area contributed by atoms with Crippen molar-refractivity contribution in [2.24, 2.45) is 0 Å². The lowest BCUT2D eigenvalue weighted by Crippen LogP contribution is -2.49. The van der Waals surface area contributed by atoms with Crippen molar-refractivity contribution in [3.8, 4) is 22.5 Å². The number of aliphatic hydroxyl groups is 1. The molecule has 38 heavy (non-hydrogen) atoms. The summed E-state index contributed by atoms with van der Waals surface area (Å²) in [4.78, 5) is 27.0. The minimum Gasteiger partial charge on any atom is -0.394 e. The fourth-order valence-corrected chi connectivity index (χ4v) is 4.52. The molecule has 196 valence electrons. The molecule has 1 N–H and O–H groups in total. The molecule has 0 atom stereocenters. The summed E-state index contributed by atoms with van der Waals surface area (Å²) in [6, 6.07) is 17.2. The van der Waals surface area contributed by atoms with Gasteiger partial charge in [0.25, 0.3) is 5.91 Å². The second-order valence-electron chi connectivity index (χ2n) is 9.11. The number of carbonyl (C=O) groups is 1. The summed E-state index contributed by atoms with van der Waals surface area (Å²) in [5, 5.41) is 8.81. The van der Waals surface area contributed by atoms with Gasteiger partial charge in [-0.3, -0.25) is 9.69 Å². The van der Waals surface area contributed by atoms with Crippen LogP contribution in [-0.4, -0.2) is 83.3 Å². The van der Waals surface area contributed by atoms with Crippen LogP contribution < -0.4 is 0 Å². The van der Waals surface area contributed by atoms with Gasteiger partial charge in [-0.05, 0) is 66.7 Å². The summed E-state index contributed by atoms with van der Waals surface area (Å²) in [6.45, 7) is 4.35. The zero-order chi connectivity index (χ0) is 26.5. The molecule has 7 nitrogen and oxygen atoms in total. The van der Waals surface area contributed by atoms with E-state index in [1.807, 2.05) is 4.90 Å². The van der Waals surface area contributed by atoms with Crippen LogP contribution in [0.3, 0.4) is 0 Å². The van der Waals surface area contributed by atoms with E-state index in [1.54, 1.807) is 42.5 Å². The first-order chi connectivity index (χ1) is 18.5. The van der Waals surface area contributed by atoms with Crippen LogP contribution in [0.25, 0.3) is 33.5 Å². The molecule has 3 aromatic carbocycles. The average Bonchev–Trinajstić information content (AvgIpc) is 2.95. The maximum Gasteiger partial charge on any atom is 0.254 e.